The first kappa shape index (κ1) is 21.7. The maximum atomic E-state index is 12.4. The van der Waals surface area contributed by atoms with Crippen molar-refractivity contribution >= 4 is 11.9 Å². The lowest BCUT2D eigenvalue weighted by molar-refractivity contribution is -0.237. The van der Waals surface area contributed by atoms with Gasteiger partial charge in [0, 0.05) is 18.8 Å². The van der Waals surface area contributed by atoms with Crippen LogP contribution in [0.3, 0.4) is 0 Å². The first-order chi connectivity index (χ1) is 14.0. The number of epoxide rings is 1. The molecule has 4 rings (SSSR count). The van der Waals surface area contributed by atoms with Crippen molar-refractivity contribution in [1.29, 1.82) is 0 Å². The summed E-state index contributed by atoms with van der Waals surface area (Å²) in [5.74, 6) is -0.646. The molecule has 2 aliphatic carbocycles. The van der Waals surface area contributed by atoms with Crippen LogP contribution in [-0.4, -0.2) is 71.5 Å². The molecule has 3 fully saturated rings. The molecule has 1 saturated carbocycles. The van der Waals surface area contributed by atoms with Crippen LogP contribution in [0, 0.1) is 16.7 Å². The Morgan fingerprint density at radius 3 is 2.53 bits per heavy atom. The summed E-state index contributed by atoms with van der Waals surface area (Å²) in [6.45, 7) is 9.01. The number of aliphatic hydroxyl groups is 2. The number of hydrogen-bond donors (Lipinski definition) is 2. The van der Waals surface area contributed by atoms with Crippen molar-refractivity contribution in [2.45, 2.75) is 83.6 Å². The van der Waals surface area contributed by atoms with Crippen LogP contribution in [0.1, 0.15) is 47.5 Å². The van der Waals surface area contributed by atoms with Crippen LogP contribution in [0.25, 0.3) is 0 Å². The summed E-state index contributed by atoms with van der Waals surface area (Å²) in [5.41, 5.74) is -1.89. The molecule has 0 aromatic rings. The summed E-state index contributed by atoms with van der Waals surface area (Å²) >= 11 is 0. The van der Waals surface area contributed by atoms with E-state index < -0.39 is 52.9 Å². The first-order valence-corrected chi connectivity index (χ1v) is 10.7. The highest BCUT2D eigenvalue weighted by Gasteiger charge is 2.85. The monoisotopic (exact) mass is 424 g/mol. The Kier molecular flexibility index (Phi) is 5.09. The third kappa shape index (κ3) is 2.73. The molecule has 0 radical (unpaired) electrons. The maximum Gasteiger partial charge on any atom is 0.306 e. The highest BCUT2D eigenvalue weighted by molar-refractivity contribution is 5.70. The Balaban J connectivity index is 1.75. The minimum atomic E-state index is -1.08. The zero-order valence-electron chi connectivity index (χ0n) is 18.2. The Bertz CT molecular complexity index is 771. The number of esters is 2. The van der Waals surface area contributed by atoms with Crippen LogP contribution in [0.4, 0.5) is 0 Å². The number of hydrogen-bond acceptors (Lipinski definition) is 8. The largest absolute Gasteiger partial charge is 0.459 e. The van der Waals surface area contributed by atoms with E-state index in [1.807, 2.05) is 33.8 Å². The fourth-order valence-corrected chi connectivity index (χ4v) is 6.06. The second-order valence-corrected chi connectivity index (χ2v) is 9.88. The number of fused-ring (bicyclic) bond motifs is 2. The van der Waals surface area contributed by atoms with Crippen molar-refractivity contribution in [2.24, 2.45) is 16.7 Å². The predicted molar refractivity (Wildman–Crippen MR) is 104 cm³/mol. The second kappa shape index (κ2) is 7.02. The molecule has 0 aromatic heterocycles. The van der Waals surface area contributed by atoms with Crippen molar-refractivity contribution < 1.29 is 38.7 Å². The van der Waals surface area contributed by atoms with E-state index in [0.717, 1.165) is 5.57 Å². The number of aliphatic hydroxyl groups excluding tert-OH is 2. The molecular weight excluding hydrogens is 392 g/mol. The van der Waals surface area contributed by atoms with Gasteiger partial charge >= 0.3 is 11.9 Å². The average molecular weight is 424 g/mol. The van der Waals surface area contributed by atoms with Crippen LogP contribution in [-0.2, 0) is 28.5 Å². The molecule has 2 aliphatic heterocycles. The van der Waals surface area contributed by atoms with Gasteiger partial charge in [-0.1, -0.05) is 26.8 Å². The normalized spacial score (nSPS) is 46.4. The van der Waals surface area contributed by atoms with Crippen LogP contribution in [0.2, 0.25) is 0 Å². The summed E-state index contributed by atoms with van der Waals surface area (Å²) < 4.78 is 23.5. The van der Waals surface area contributed by atoms with Gasteiger partial charge in [0.2, 0.25) is 0 Å². The topological polar surface area (TPSA) is 115 Å². The van der Waals surface area contributed by atoms with Crippen molar-refractivity contribution in [1.82, 2.24) is 0 Å². The molecule has 4 aliphatic rings. The SMILES string of the molecule is CC(=O)OC1C(O)[C@H]2O[C@@H]3C=C(C)C(OC(=O)CC(C)C)C[C@]3(CO)[C@]1(C)[C@]21CO1. The van der Waals surface area contributed by atoms with Gasteiger partial charge in [0.25, 0.3) is 0 Å². The molecule has 1 spiro atoms. The standard InChI is InChI=1S/C22H32O8/c1-11(2)6-16(25)29-14-8-21(9-23)15(7-12(14)3)30-19-17(26)18(28-13(4)24)20(21,5)22(19)10-27-22/h7,11,14-15,17-19,23,26H,6,8-10H2,1-5H3/t14?,15-,17?,18?,19-,20-,21-,22+/m1/s1. The van der Waals surface area contributed by atoms with Crippen LogP contribution >= 0.6 is 0 Å². The molecule has 2 bridgehead atoms. The Morgan fingerprint density at radius 1 is 1.33 bits per heavy atom. The zero-order chi connectivity index (χ0) is 22.1. The third-order valence-electron chi connectivity index (χ3n) is 7.75. The number of rotatable bonds is 5. The lowest BCUT2D eigenvalue weighted by Gasteiger charge is -2.58. The summed E-state index contributed by atoms with van der Waals surface area (Å²) in [6.07, 6.45) is -1.25. The van der Waals surface area contributed by atoms with Gasteiger partial charge in [-0.25, -0.2) is 0 Å². The van der Waals surface area contributed by atoms with Crippen LogP contribution in [0.15, 0.2) is 11.6 Å². The summed E-state index contributed by atoms with van der Waals surface area (Å²) in [5, 5.41) is 21.7. The van der Waals surface area contributed by atoms with Gasteiger partial charge in [-0.3, -0.25) is 9.59 Å². The van der Waals surface area contributed by atoms with E-state index in [0.29, 0.717) is 19.4 Å². The highest BCUT2D eigenvalue weighted by Crippen LogP contribution is 2.71. The van der Waals surface area contributed by atoms with E-state index in [2.05, 4.69) is 0 Å². The van der Waals surface area contributed by atoms with Gasteiger partial charge in [0.15, 0.2) is 0 Å². The van der Waals surface area contributed by atoms with Gasteiger partial charge in [0.1, 0.15) is 30.0 Å². The smallest absolute Gasteiger partial charge is 0.306 e. The molecule has 8 atom stereocenters. The first-order valence-electron chi connectivity index (χ1n) is 10.7. The van der Waals surface area contributed by atoms with Crippen molar-refractivity contribution in [3.8, 4) is 0 Å². The molecule has 8 nitrogen and oxygen atoms in total. The Labute approximate surface area is 176 Å². The fourth-order valence-electron chi connectivity index (χ4n) is 6.06. The molecular formula is C22H32O8. The van der Waals surface area contributed by atoms with E-state index in [4.69, 9.17) is 18.9 Å². The molecule has 3 unspecified atom stereocenters. The van der Waals surface area contributed by atoms with Gasteiger partial charge < -0.3 is 29.2 Å². The third-order valence-corrected chi connectivity index (χ3v) is 7.75. The van der Waals surface area contributed by atoms with Crippen molar-refractivity contribution in [2.75, 3.05) is 13.2 Å². The van der Waals surface area contributed by atoms with Gasteiger partial charge in [-0.2, -0.15) is 0 Å². The average Bonchev–Trinajstić information content (AvgIpc) is 3.43. The molecule has 30 heavy (non-hydrogen) atoms. The summed E-state index contributed by atoms with van der Waals surface area (Å²) in [6, 6.07) is 0. The van der Waals surface area contributed by atoms with Gasteiger partial charge in [-0.05, 0) is 24.8 Å². The van der Waals surface area contributed by atoms with Crippen LogP contribution < -0.4 is 0 Å². The van der Waals surface area contributed by atoms with E-state index in [-0.39, 0.29) is 18.5 Å². The van der Waals surface area contributed by atoms with Crippen LogP contribution in [0.5, 0.6) is 0 Å². The number of carbonyl (C=O) groups excluding carboxylic acids is 2. The van der Waals surface area contributed by atoms with Gasteiger partial charge in [-0.15, -0.1) is 0 Å². The molecule has 8 heteroatoms. The van der Waals surface area contributed by atoms with E-state index in [1.54, 1.807) is 0 Å². The molecule has 2 saturated heterocycles. The molecule has 168 valence electrons. The Hall–Kier alpha value is -1.48. The quantitative estimate of drug-likeness (QED) is 0.383. The summed E-state index contributed by atoms with van der Waals surface area (Å²) in [4.78, 5) is 24.2. The van der Waals surface area contributed by atoms with E-state index in [1.165, 1.54) is 6.92 Å². The molecule has 2 N–H and O–H groups in total. The second-order valence-electron chi connectivity index (χ2n) is 9.88. The zero-order valence-corrected chi connectivity index (χ0v) is 18.2. The lowest BCUT2D eigenvalue weighted by atomic mass is 9.51. The van der Waals surface area contributed by atoms with Crippen molar-refractivity contribution in [3.63, 3.8) is 0 Å². The predicted octanol–water partition coefficient (Wildman–Crippen LogP) is 1.12. The van der Waals surface area contributed by atoms with E-state index >= 15 is 0 Å². The molecule has 0 amide bonds. The summed E-state index contributed by atoms with van der Waals surface area (Å²) in [7, 11) is 0. The van der Waals surface area contributed by atoms with Crippen molar-refractivity contribution in [3.05, 3.63) is 11.6 Å². The maximum absolute atomic E-state index is 12.4. The molecule has 2 heterocycles. The van der Waals surface area contributed by atoms with E-state index in [9.17, 15) is 19.8 Å². The lowest BCUT2D eigenvalue weighted by Crippen LogP contribution is -2.67. The fraction of sp³-hybridized carbons (Fsp3) is 0.818. The van der Waals surface area contributed by atoms with Gasteiger partial charge in [0.05, 0.1) is 24.7 Å². The minimum absolute atomic E-state index is 0.169. The Morgan fingerprint density at radius 2 is 2.00 bits per heavy atom. The molecule has 0 aromatic carbocycles. The minimum Gasteiger partial charge on any atom is -0.459 e. The number of ether oxygens (including phenoxy) is 4. The highest BCUT2D eigenvalue weighted by atomic mass is 16.7. The number of carbonyl (C=O) groups is 2.